The smallest absolute Gasteiger partial charge is 0.260 e. The van der Waals surface area contributed by atoms with Gasteiger partial charge in [0.05, 0.1) is 22.5 Å². The molecule has 0 aliphatic rings. The predicted octanol–water partition coefficient (Wildman–Crippen LogP) is 3.42. The molecule has 6 heteroatoms. The van der Waals surface area contributed by atoms with Gasteiger partial charge in [-0.1, -0.05) is 11.6 Å². The lowest BCUT2D eigenvalue weighted by molar-refractivity contribution is 0.102. The molecule has 2 rings (SSSR count). The van der Waals surface area contributed by atoms with Gasteiger partial charge in [-0.2, -0.15) is 0 Å². The second kappa shape index (κ2) is 4.69. The van der Waals surface area contributed by atoms with E-state index in [2.05, 4.69) is 5.32 Å². The van der Waals surface area contributed by atoms with Gasteiger partial charge in [0.2, 0.25) is 5.22 Å². The first-order chi connectivity index (χ1) is 8.08. The summed E-state index contributed by atoms with van der Waals surface area (Å²) in [6.07, 6.45) is 1.34. The summed E-state index contributed by atoms with van der Waals surface area (Å²) in [5.74, 6) is -0.393. The van der Waals surface area contributed by atoms with Gasteiger partial charge in [0.1, 0.15) is 0 Å². The van der Waals surface area contributed by atoms with Crippen LogP contribution in [0.25, 0.3) is 0 Å². The molecule has 1 aromatic heterocycles. The molecule has 17 heavy (non-hydrogen) atoms. The number of anilines is 2. The Balaban J connectivity index is 2.22. The Morgan fingerprint density at radius 3 is 2.65 bits per heavy atom. The minimum Gasteiger partial charge on any atom is -0.452 e. The number of nitrogen functional groups attached to an aromatic ring is 1. The first-order valence-corrected chi connectivity index (χ1v) is 5.43. The van der Waals surface area contributed by atoms with Crippen molar-refractivity contribution in [3.05, 3.63) is 46.3 Å². The number of nitrogens with two attached hydrogens (primary N) is 1. The number of hydrogen-bond donors (Lipinski definition) is 2. The molecule has 0 aliphatic carbocycles. The van der Waals surface area contributed by atoms with E-state index in [0.29, 0.717) is 16.4 Å². The molecule has 1 aromatic carbocycles. The van der Waals surface area contributed by atoms with Gasteiger partial charge < -0.3 is 15.5 Å². The van der Waals surface area contributed by atoms with Crippen LogP contribution in [0.15, 0.2) is 34.9 Å². The molecular formula is C11H8Cl2N2O2. The third-order valence-electron chi connectivity index (χ3n) is 2.10. The average molecular weight is 271 g/mol. The van der Waals surface area contributed by atoms with Gasteiger partial charge in [-0.25, -0.2) is 0 Å². The molecule has 1 heterocycles. The Morgan fingerprint density at radius 1 is 1.29 bits per heavy atom. The van der Waals surface area contributed by atoms with E-state index in [1.54, 1.807) is 18.2 Å². The number of hydrogen-bond acceptors (Lipinski definition) is 3. The molecule has 88 valence electrons. The number of halogens is 2. The number of rotatable bonds is 2. The average Bonchev–Trinajstić information content (AvgIpc) is 2.68. The highest BCUT2D eigenvalue weighted by Crippen LogP contribution is 2.25. The van der Waals surface area contributed by atoms with Gasteiger partial charge in [0, 0.05) is 5.69 Å². The summed E-state index contributed by atoms with van der Waals surface area (Å²) in [6, 6.07) is 6.28. The van der Waals surface area contributed by atoms with Gasteiger partial charge in [-0.15, -0.1) is 0 Å². The van der Waals surface area contributed by atoms with E-state index in [-0.39, 0.29) is 10.8 Å². The number of benzene rings is 1. The maximum Gasteiger partial charge on any atom is 0.260 e. The van der Waals surface area contributed by atoms with Gasteiger partial charge in [0.25, 0.3) is 5.91 Å². The standard InChI is InChI=1S/C11H8Cl2N2O2/c12-8-5-6(14)1-2-9(8)15-11(16)7-3-4-17-10(7)13/h1-5H,14H2,(H,15,16). The molecule has 0 atom stereocenters. The highest BCUT2D eigenvalue weighted by Gasteiger charge is 2.14. The van der Waals surface area contributed by atoms with E-state index in [0.717, 1.165) is 0 Å². The third kappa shape index (κ3) is 2.54. The molecule has 0 unspecified atom stereocenters. The number of nitrogens with one attached hydrogen (secondary N) is 1. The summed E-state index contributed by atoms with van der Waals surface area (Å²) in [4.78, 5) is 11.8. The van der Waals surface area contributed by atoms with Gasteiger partial charge in [0.15, 0.2) is 0 Å². The van der Waals surface area contributed by atoms with E-state index >= 15 is 0 Å². The molecule has 0 aliphatic heterocycles. The van der Waals surface area contributed by atoms with Crippen molar-refractivity contribution in [3.8, 4) is 0 Å². The minimum absolute atomic E-state index is 0.0362. The maximum absolute atomic E-state index is 11.8. The van der Waals surface area contributed by atoms with Gasteiger partial charge in [-0.05, 0) is 35.9 Å². The molecule has 0 fully saturated rings. The zero-order chi connectivity index (χ0) is 12.4. The maximum atomic E-state index is 11.8. The highest BCUT2D eigenvalue weighted by atomic mass is 35.5. The first-order valence-electron chi connectivity index (χ1n) is 4.67. The minimum atomic E-state index is -0.393. The monoisotopic (exact) mass is 270 g/mol. The molecule has 1 amide bonds. The lowest BCUT2D eigenvalue weighted by atomic mass is 10.2. The van der Waals surface area contributed by atoms with Crippen molar-refractivity contribution in [2.45, 2.75) is 0 Å². The Labute approximate surface area is 107 Å². The summed E-state index contributed by atoms with van der Waals surface area (Å²) in [6.45, 7) is 0. The molecule has 2 aromatic rings. The summed E-state index contributed by atoms with van der Waals surface area (Å²) < 4.78 is 4.82. The normalized spacial score (nSPS) is 10.2. The fraction of sp³-hybridized carbons (Fsp3) is 0. The largest absolute Gasteiger partial charge is 0.452 e. The van der Waals surface area contributed by atoms with Crippen molar-refractivity contribution < 1.29 is 9.21 Å². The van der Waals surface area contributed by atoms with Crippen molar-refractivity contribution in [1.82, 2.24) is 0 Å². The predicted molar refractivity (Wildman–Crippen MR) is 67.5 cm³/mol. The Bertz CT molecular complexity index is 566. The summed E-state index contributed by atoms with van der Waals surface area (Å²) >= 11 is 11.6. The molecule has 4 nitrogen and oxygen atoms in total. The van der Waals surface area contributed by atoms with E-state index in [1.807, 2.05) is 0 Å². The number of carbonyl (C=O) groups excluding carboxylic acids is 1. The van der Waals surface area contributed by atoms with Crippen LogP contribution in [-0.4, -0.2) is 5.91 Å². The number of carbonyl (C=O) groups is 1. The molecule has 0 saturated heterocycles. The highest BCUT2D eigenvalue weighted by molar-refractivity contribution is 6.35. The zero-order valence-electron chi connectivity index (χ0n) is 8.54. The molecule has 3 N–H and O–H groups in total. The Hall–Kier alpha value is -1.65. The van der Waals surface area contributed by atoms with Crippen LogP contribution in [0.3, 0.4) is 0 Å². The van der Waals surface area contributed by atoms with Crippen LogP contribution in [0.4, 0.5) is 11.4 Å². The van der Waals surface area contributed by atoms with Crippen molar-refractivity contribution in [1.29, 1.82) is 0 Å². The second-order valence-corrected chi connectivity index (χ2v) is 4.05. The number of amides is 1. The van der Waals surface area contributed by atoms with Crippen molar-refractivity contribution >= 4 is 40.5 Å². The Morgan fingerprint density at radius 2 is 2.06 bits per heavy atom. The van der Waals surface area contributed by atoms with Gasteiger partial charge in [-0.3, -0.25) is 4.79 Å². The van der Waals surface area contributed by atoms with Crippen LogP contribution < -0.4 is 11.1 Å². The molecular weight excluding hydrogens is 263 g/mol. The second-order valence-electron chi connectivity index (χ2n) is 3.30. The van der Waals surface area contributed by atoms with Gasteiger partial charge >= 0.3 is 0 Å². The molecule has 0 saturated carbocycles. The molecule has 0 bridgehead atoms. The third-order valence-corrected chi connectivity index (χ3v) is 2.71. The summed E-state index contributed by atoms with van der Waals surface area (Å²) in [5, 5.41) is 3.01. The van der Waals surface area contributed by atoms with Crippen molar-refractivity contribution in [2.75, 3.05) is 11.1 Å². The van der Waals surface area contributed by atoms with Crippen molar-refractivity contribution in [3.63, 3.8) is 0 Å². The van der Waals surface area contributed by atoms with E-state index in [4.69, 9.17) is 33.4 Å². The fourth-order valence-electron chi connectivity index (χ4n) is 1.28. The molecule has 0 radical (unpaired) electrons. The zero-order valence-corrected chi connectivity index (χ0v) is 10.0. The summed E-state index contributed by atoms with van der Waals surface area (Å²) in [7, 11) is 0. The molecule has 0 spiro atoms. The van der Waals surface area contributed by atoms with Crippen molar-refractivity contribution in [2.24, 2.45) is 0 Å². The van der Waals surface area contributed by atoms with E-state index in [9.17, 15) is 4.79 Å². The quantitative estimate of drug-likeness (QED) is 0.822. The SMILES string of the molecule is Nc1ccc(NC(=O)c2ccoc2Cl)c(Cl)c1. The summed E-state index contributed by atoms with van der Waals surface area (Å²) in [5.41, 5.74) is 6.78. The lowest BCUT2D eigenvalue weighted by Crippen LogP contribution is -2.11. The van der Waals surface area contributed by atoms with E-state index < -0.39 is 5.91 Å². The van der Waals surface area contributed by atoms with Crippen LogP contribution in [0, 0.1) is 0 Å². The number of furan rings is 1. The Kier molecular flexibility index (Phi) is 3.26. The topological polar surface area (TPSA) is 68.3 Å². The first kappa shape index (κ1) is 11.8. The van der Waals surface area contributed by atoms with E-state index in [1.165, 1.54) is 12.3 Å². The van der Waals surface area contributed by atoms with Crippen LogP contribution in [0.5, 0.6) is 0 Å². The van der Waals surface area contributed by atoms with Crippen LogP contribution >= 0.6 is 23.2 Å². The van der Waals surface area contributed by atoms with Crippen LogP contribution in [0.2, 0.25) is 10.2 Å². The van der Waals surface area contributed by atoms with Crippen LogP contribution in [0.1, 0.15) is 10.4 Å². The fourth-order valence-corrected chi connectivity index (χ4v) is 1.71. The lowest BCUT2D eigenvalue weighted by Gasteiger charge is -2.06. The van der Waals surface area contributed by atoms with Crippen LogP contribution in [-0.2, 0) is 0 Å².